The van der Waals surface area contributed by atoms with Gasteiger partial charge < -0.3 is 29.6 Å². The number of anilines is 1. The van der Waals surface area contributed by atoms with Gasteiger partial charge in [0.2, 0.25) is 17.1 Å². The van der Waals surface area contributed by atoms with Crippen LogP contribution in [0.3, 0.4) is 0 Å². The molecule has 1 aliphatic heterocycles. The van der Waals surface area contributed by atoms with Crippen molar-refractivity contribution in [3.05, 3.63) is 75.5 Å². The van der Waals surface area contributed by atoms with Crippen LogP contribution < -0.4 is 20.4 Å². The van der Waals surface area contributed by atoms with Gasteiger partial charge in [0, 0.05) is 37.8 Å². The maximum Gasteiger partial charge on any atom is 0.227 e. The molecule has 1 aliphatic rings. The monoisotopic (exact) mass is 504 g/mol. The first-order chi connectivity index (χ1) is 17.8. The Labute approximate surface area is 213 Å². The van der Waals surface area contributed by atoms with Crippen molar-refractivity contribution in [2.45, 2.75) is 38.1 Å². The molecule has 3 aromatic rings. The number of methoxy groups -OCH3 is 1. The van der Waals surface area contributed by atoms with E-state index in [4.69, 9.17) is 9.15 Å². The molecule has 4 rings (SSSR count). The number of carbonyl (C=O) groups is 1. The molecular formula is C27H28N4O6. The van der Waals surface area contributed by atoms with Gasteiger partial charge in [0.1, 0.15) is 17.6 Å². The highest BCUT2D eigenvalue weighted by atomic mass is 16.5. The van der Waals surface area contributed by atoms with Crippen molar-refractivity contribution in [1.82, 2.24) is 10.3 Å². The Morgan fingerprint density at radius 2 is 2.05 bits per heavy atom. The number of piperidine rings is 1. The van der Waals surface area contributed by atoms with E-state index in [1.807, 2.05) is 4.90 Å². The van der Waals surface area contributed by atoms with Crippen molar-refractivity contribution in [2.24, 2.45) is 0 Å². The highest BCUT2D eigenvalue weighted by molar-refractivity contribution is 5.78. The van der Waals surface area contributed by atoms with E-state index < -0.39 is 17.1 Å². The number of phenolic OH excluding ortho intramolecular Hbond substituents is 1. The summed E-state index contributed by atoms with van der Waals surface area (Å²) >= 11 is 0. The van der Waals surface area contributed by atoms with Gasteiger partial charge in [-0.05, 0) is 49.6 Å². The van der Waals surface area contributed by atoms with Crippen LogP contribution in [0.4, 0.5) is 5.82 Å². The molecule has 192 valence electrons. The second-order valence-corrected chi connectivity index (χ2v) is 8.94. The summed E-state index contributed by atoms with van der Waals surface area (Å²) in [5, 5.41) is 32.9. The lowest BCUT2D eigenvalue weighted by atomic mass is 9.91. The second-order valence-electron chi connectivity index (χ2n) is 8.94. The molecule has 1 atom stereocenters. The number of amides is 1. The fourth-order valence-corrected chi connectivity index (χ4v) is 4.58. The predicted molar refractivity (Wildman–Crippen MR) is 135 cm³/mol. The number of nitriles is 1. The topological polar surface area (TPSA) is 149 Å². The van der Waals surface area contributed by atoms with E-state index in [1.165, 1.54) is 19.2 Å². The Morgan fingerprint density at radius 1 is 1.30 bits per heavy atom. The smallest absolute Gasteiger partial charge is 0.227 e. The van der Waals surface area contributed by atoms with Crippen LogP contribution in [-0.4, -0.2) is 47.3 Å². The number of hydrogen-bond donors (Lipinski definition) is 3. The van der Waals surface area contributed by atoms with Gasteiger partial charge in [0.05, 0.1) is 18.6 Å². The molecule has 37 heavy (non-hydrogen) atoms. The van der Waals surface area contributed by atoms with Crippen LogP contribution in [0, 0.1) is 18.3 Å². The lowest BCUT2D eigenvalue weighted by Crippen LogP contribution is -2.45. The first kappa shape index (κ1) is 25.6. The largest absolute Gasteiger partial charge is 0.504 e. The molecule has 0 aliphatic carbocycles. The summed E-state index contributed by atoms with van der Waals surface area (Å²) in [6.45, 7) is 2.84. The van der Waals surface area contributed by atoms with Crippen molar-refractivity contribution in [1.29, 1.82) is 5.26 Å². The predicted octanol–water partition coefficient (Wildman–Crippen LogP) is 2.94. The maximum atomic E-state index is 13.2. The summed E-state index contributed by atoms with van der Waals surface area (Å²) in [5.74, 6) is -0.619. The van der Waals surface area contributed by atoms with Crippen molar-refractivity contribution < 1.29 is 24.2 Å². The van der Waals surface area contributed by atoms with Crippen molar-refractivity contribution in [3.63, 3.8) is 0 Å². The van der Waals surface area contributed by atoms with Crippen LogP contribution >= 0.6 is 0 Å². The third kappa shape index (κ3) is 5.67. The Hall–Kier alpha value is -4.52. The summed E-state index contributed by atoms with van der Waals surface area (Å²) in [5.41, 5.74) is 0.438. The molecule has 10 heteroatoms. The summed E-state index contributed by atoms with van der Waals surface area (Å²) in [7, 11) is 1.40. The number of pyridine rings is 1. The van der Waals surface area contributed by atoms with Gasteiger partial charge in [-0.2, -0.15) is 5.26 Å². The number of nitrogens with one attached hydrogen (secondary N) is 1. The number of aryl methyl sites for hydroxylation is 1. The Bertz CT molecular complexity index is 1390. The molecule has 3 heterocycles. The summed E-state index contributed by atoms with van der Waals surface area (Å²) in [4.78, 5) is 31.8. The Kier molecular flexibility index (Phi) is 7.63. The van der Waals surface area contributed by atoms with E-state index in [1.54, 1.807) is 37.4 Å². The van der Waals surface area contributed by atoms with Gasteiger partial charge >= 0.3 is 0 Å². The number of carbonyl (C=O) groups excluding carboxylic acids is 1. The zero-order valence-corrected chi connectivity index (χ0v) is 20.6. The van der Waals surface area contributed by atoms with Gasteiger partial charge in [-0.25, -0.2) is 4.98 Å². The van der Waals surface area contributed by atoms with E-state index in [0.29, 0.717) is 48.6 Å². The molecule has 0 saturated carbocycles. The average molecular weight is 505 g/mol. The fourth-order valence-electron chi connectivity index (χ4n) is 4.58. The summed E-state index contributed by atoms with van der Waals surface area (Å²) < 4.78 is 10.9. The Balaban J connectivity index is 1.51. The van der Waals surface area contributed by atoms with Crippen LogP contribution in [-0.2, 0) is 4.79 Å². The summed E-state index contributed by atoms with van der Waals surface area (Å²) in [6.07, 6.45) is 2.87. The number of ether oxygens (including phenoxy) is 1. The number of aromatic nitrogens is 1. The van der Waals surface area contributed by atoms with Crippen molar-refractivity contribution in [3.8, 4) is 23.3 Å². The number of phenols is 1. The zero-order chi connectivity index (χ0) is 26.5. The summed E-state index contributed by atoms with van der Waals surface area (Å²) in [6, 6.07) is 11.3. The molecule has 10 nitrogen and oxygen atoms in total. The van der Waals surface area contributed by atoms with Crippen LogP contribution in [0.25, 0.3) is 0 Å². The molecule has 0 bridgehead atoms. The van der Waals surface area contributed by atoms with Gasteiger partial charge in [0.25, 0.3) is 0 Å². The molecule has 1 saturated heterocycles. The number of aromatic hydroxyl groups is 2. The molecule has 3 N–H and O–H groups in total. The fraction of sp³-hybridized carbons (Fsp3) is 0.333. The van der Waals surface area contributed by atoms with Crippen LogP contribution in [0.15, 0.2) is 51.8 Å². The molecule has 0 radical (unpaired) electrons. The van der Waals surface area contributed by atoms with Crippen LogP contribution in [0.1, 0.15) is 47.8 Å². The quantitative estimate of drug-likeness (QED) is 0.441. The molecule has 1 fully saturated rings. The highest BCUT2D eigenvalue weighted by Crippen LogP contribution is 2.37. The van der Waals surface area contributed by atoms with E-state index in [-0.39, 0.29) is 35.6 Å². The minimum atomic E-state index is -0.797. The van der Waals surface area contributed by atoms with Gasteiger partial charge in [-0.3, -0.25) is 9.59 Å². The SMILES string of the molecule is COc1cc(C(CC(=O)NC2CCN(c3ncccc3C#N)CC2)c2oc(C)cc(=O)c2O)ccc1O. The first-order valence-electron chi connectivity index (χ1n) is 11.9. The molecular weight excluding hydrogens is 476 g/mol. The number of rotatable bonds is 7. The minimum absolute atomic E-state index is 0.0260. The molecule has 1 aromatic carbocycles. The van der Waals surface area contributed by atoms with E-state index >= 15 is 0 Å². The lowest BCUT2D eigenvalue weighted by Gasteiger charge is -2.33. The molecule has 1 amide bonds. The average Bonchev–Trinajstić information content (AvgIpc) is 2.90. The first-order valence-corrected chi connectivity index (χ1v) is 11.9. The van der Waals surface area contributed by atoms with Gasteiger partial charge in [-0.1, -0.05) is 6.07 Å². The van der Waals surface area contributed by atoms with E-state index in [9.17, 15) is 25.1 Å². The maximum absolute atomic E-state index is 13.2. The lowest BCUT2D eigenvalue weighted by molar-refractivity contribution is -0.122. The normalized spacial score (nSPS) is 14.6. The number of nitrogens with zero attached hydrogens (tertiary/aromatic N) is 3. The van der Waals surface area contributed by atoms with Crippen molar-refractivity contribution >= 4 is 11.7 Å². The van der Waals surface area contributed by atoms with Gasteiger partial charge in [0.15, 0.2) is 17.3 Å². The molecule has 1 unspecified atom stereocenters. The zero-order valence-electron chi connectivity index (χ0n) is 20.6. The van der Waals surface area contributed by atoms with E-state index in [2.05, 4.69) is 16.4 Å². The van der Waals surface area contributed by atoms with Crippen LogP contribution in [0.5, 0.6) is 17.2 Å². The van der Waals surface area contributed by atoms with Crippen LogP contribution in [0.2, 0.25) is 0 Å². The number of hydrogen-bond acceptors (Lipinski definition) is 9. The standard InChI is InChI=1S/C27H28N4O6/c1-16-12-22(33)25(35)26(37-16)20(17-5-6-21(32)23(13-17)36-2)14-24(34)30-19-7-10-31(11-8-19)27-18(15-28)4-3-9-29-27/h3-6,9,12-13,19-20,32,35H,7-8,10-11,14H2,1-2H3,(H,30,34). The highest BCUT2D eigenvalue weighted by Gasteiger charge is 2.29. The van der Waals surface area contributed by atoms with Gasteiger partial charge in [-0.15, -0.1) is 0 Å². The molecule has 0 spiro atoms. The minimum Gasteiger partial charge on any atom is -0.504 e. The third-order valence-electron chi connectivity index (χ3n) is 6.45. The molecule has 2 aromatic heterocycles. The number of benzene rings is 1. The second kappa shape index (κ2) is 11.0. The van der Waals surface area contributed by atoms with E-state index in [0.717, 1.165) is 0 Å². The Morgan fingerprint density at radius 3 is 2.76 bits per heavy atom. The third-order valence-corrected chi connectivity index (χ3v) is 6.45. The van der Waals surface area contributed by atoms with Crippen molar-refractivity contribution in [2.75, 3.05) is 25.1 Å².